The van der Waals surface area contributed by atoms with Crippen LogP contribution >= 0.6 is 0 Å². The van der Waals surface area contributed by atoms with E-state index in [0.717, 1.165) is 30.9 Å². The molecule has 4 aromatic rings. The zero-order valence-electron chi connectivity index (χ0n) is 15.8. The average Bonchev–Trinajstić information content (AvgIpc) is 3.38. The molecule has 6 heteroatoms. The molecule has 0 saturated carbocycles. The largest absolute Gasteiger partial charge is 0.348 e. The number of aromatic nitrogens is 5. The van der Waals surface area contributed by atoms with Crippen LogP contribution in [0.1, 0.15) is 34.1 Å². The van der Waals surface area contributed by atoms with Crippen LogP contribution in [-0.4, -0.2) is 36.2 Å². The Hall–Kier alpha value is -3.25. The highest BCUT2D eigenvalue weighted by atomic mass is 15.3. The van der Waals surface area contributed by atoms with E-state index in [0.29, 0.717) is 0 Å². The Kier molecular flexibility index (Phi) is 4.25. The first kappa shape index (κ1) is 16.9. The summed E-state index contributed by atoms with van der Waals surface area (Å²) in [6.45, 7) is 3.91. The Labute approximate surface area is 163 Å². The second kappa shape index (κ2) is 7.05. The van der Waals surface area contributed by atoms with Gasteiger partial charge in [-0.15, -0.1) is 0 Å². The quantitative estimate of drug-likeness (QED) is 0.598. The van der Waals surface area contributed by atoms with Gasteiger partial charge in [0.25, 0.3) is 0 Å². The van der Waals surface area contributed by atoms with Gasteiger partial charge in [-0.3, -0.25) is 9.88 Å². The van der Waals surface area contributed by atoms with Crippen LogP contribution in [0.15, 0.2) is 67.5 Å². The van der Waals surface area contributed by atoms with Crippen molar-refractivity contribution in [3.05, 3.63) is 95.6 Å². The number of benzene rings is 1. The van der Waals surface area contributed by atoms with Gasteiger partial charge in [0.15, 0.2) is 0 Å². The maximum absolute atomic E-state index is 4.63. The Bertz CT molecular complexity index is 1080. The summed E-state index contributed by atoms with van der Waals surface area (Å²) in [5.41, 5.74) is 7.09. The lowest BCUT2D eigenvalue weighted by atomic mass is 9.96. The van der Waals surface area contributed by atoms with E-state index in [-0.39, 0.29) is 6.04 Å². The van der Waals surface area contributed by atoms with E-state index in [2.05, 4.69) is 68.4 Å². The lowest BCUT2D eigenvalue weighted by Gasteiger charge is -2.34. The SMILES string of the molecule is Cc1ccccc1-n1cc(CN2CCc3[nH]cnc3[C@@H]2c2ccncc2)cn1. The first-order valence-electron chi connectivity index (χ1n) is 9.55. The molecular formula is C22H22N6. The van der Waals surface area contributed by atoms with Crippen molar-refractivity contribution in [2.45, 2.75) is 25.9 Å². The first-order chi connectivity index (χ1) is 13.8. The van der Waals surface area contributed by atoms with Gasteiger partial charge < -0.3 is 4.98 Å². The van der Waals surface area contributed by atoms with Gasteiger partial charge in [-0.1, -0.05) is 18.2 Å². The molecule has 0 aliphatic carbocycles. The number of imidazole rings is 1. The minimum Gasteiger partial charge on any atom is -0.348 e. The number of nitrogens with one attached hydrogen (secondary N) is 1. The summed E-state index contributed by atoms with van der Waals surface area (Å²) in [5.74, 6) is 0. The highest BCUT2D eigenvalue weighted by Crippen LogP contribution is 2.34. The number of pyridine rings is 1. The maximum Gasteiger partial charge on any atom is 0.0926 e. The topological polar surface area (TPSA) is 62.6 Å². The van der Waals surface area contributed by atoms with Crippen molar-refractivity contribution in [3.8, 4) is 5.69 Å². The predicted octanol–water partition coefficient (Wildman–Crippen LogP) is 3.45. The summed E-state index contributed by atoms with van der Waals surface area (Å²) < 4.78 is 1.97. The number of H-pyrrole nitrogens is 1. The third kappa shape index (κ3) is 3.01. The molecule has 0 amide bonds. The van der Waals surface area contributed by atoms with E-state index in [9.17, 15) is 0 Å². The smallest absolute Gasteiger partial charge is 0.0926 e. The molecule has 5 rings (SSSR count). The molecule has 0 saturated heterocycles. The van der Waals surface area contributed by atoms with Gasteiger partial charge in [0, 0.05) is 49.4 Å². The van der Waals surface area contributed by atoms with Crippen molar-refractivity contribution in [1.82, 2.24) is 29.6 Å². The Morgan fingerprint density at radius 2 is 2.00 bits per heavy atom. The van der Waals surface area contributed by atoms with E-state index in [4.69, 9.17) is 0 Å². The van der Waals surface area contributed by atoms with Gasteiger partial charge in [0.1, 0.15) is 0 Å². The van der Waals surface area contributed by atoms with Crippen LogP contribution in [0.3, 0.4) is 0 Å². The fourth-order valence-corrected chi connectivity index (χ4v) is 4.04. The second-order valence-electron chi connectivity index (χ2n) is 7.25. The molecule has 0 spiro atoms. The lowest BCUT2D eigenvalue weighted by Crippen LogP contribution is -2.35. The monoisotopic (exact) mass is 370 g/mol. The van der Waals surface area contributed by atoms with Gasteiger partial charge in [0.2, 0.25) is 0 Å². The average molecular weight is 370 g/mol. The van der Waals surface area contributed by atoms with E-state index in [1.165, 1.54) is 22.4 Å². The Morgan fingerprint density at radius 3 is 2.86 bits per heavy atom. The Morgan fingerprint density at radius 1 is 1.14 bits per heavy atom. The summed E-state index contributed by atoms with van der Waals surface area (Å²) in [5, 5.41) is 4.60. The van der Waals surface area contributed by atoms with Crippen molar-refractivity contribution in [3.63, 3.8) is 0 Å². The zero-order chi connectivity index (χ0) is 18.9. The predicted molar refractivity (Wildman–Crippen MR) is 107 cm³/mol. The van der Waals surface area contributed by atoms with Crippen LogP contribution in [0.5, 0.6) is 0 Å². The number of rotatable bonds is 4. The number of aromatic amines is 1. The molecule has 0 fully saturated rings. The maximum atomic E-state index is 4.63. The second-order valence-corrected chi connectivity index (χ2v) is 7.25. The summed E-state index contributed by atoms with van der Waals surface area (Å²) in [6.07, 6.45) is 10.6. The molecule has 0 radical (unpaired) electrons. The molecule has 1 aliphatic rings. The summed E-state index contributed by atoms with van der Waals surface area (Å²) >= 11 is 0. The highest BCUT2D eigenvalue weighted by Gasteiger charge is 2.31. The van der Waals surface area contributed by atoms with Crippen LogP contribution in [0, 0.1) is 6.92 Å². The highest BCUT2D eigenvalue weighted by molar-refractivity contribution is 5.39. The molecule has 1 atom stereocenters. The van der Waals surface area contributed by atoms with Crippen molar-refractivity contribution < 1.29 is 0 Å². The van der Waals surface area contributed by atoms with Gasteiger partial charge in [-0.2, -0.15) is 5.10 Å². The van der Waals surface area contributed by atoms with Crippen LogP contribution in [0.2, 0.25) is 0 Å². The van der Waals surface area contributed by atoms with Crippen LogP contribution in [0.25, 0.3) is 5.69 Å². The number of para-hydroxylation sites is 1. The number of hydrogen-bond acceptors (Lipinski definition) is 4. The fourth-order valence-electron chi connectivity index (χ4n) is 4.04. The number of hydrogen-bond donors (Lipinski definition) is 1. The molecular weight excluding hydrogens is 348 g/mol. The third-order valence-corrected chi connectivity index (χ3v) is 5.43. The van der Waals surface area contributed by atoms with E-state index >= 15 is 0 Å². The number of nitrogens with zero attached hydrogens (tertiary/aromatic N) is 5. The minimum absolute atomic E-state index is 0.125. The molecule has 0 bridgehead atoms. The zero-order valence-corrected chi connectivity index (χ0v) is 15.8. The van der Waals surface area contributed by atoms with Crippen LogP contribution in [-0.2, 0) is 13.0 Å². The normalized spacial score (nSPS) is 16.8. The minimum atomic E-state index is 0.125. The van der Waals surface area contributed by atoms with E-state index in [1.807, 2.05) is 29.3 Å². The number of fused-ring (bicyclic) bond motifs is 1. The summed E-state index contributed by atoms with van der Waals surface area (Å²) in [6, 6.07) is 12.6. The lowest BCUT2D eigenvalue weighted by molar-refractivity contribution is 0.200. The molecule has 1 aliphatic heterocycles. The molecule has 140 valence electrons. The molecule has 1 N–H and O–H groups in total. The molecule has 4 heterocycles. The van der Waals surface area contributed by atoms with Crippen molar-refractivity contribution >= 4 is 0 Å². The van der Waals surface area contributed by atoms with E-state index in [1.54, 1.807) is 6.33 Å². The molecule has 1 aromatic carbocycles. The molecule has 28 heavy (non-hydrogen) atoms. The standard InChI is InChI=1S/C22H22N6/c1-16-4-2-3-5-20(16)28-14-17(12-26-28)13-27-11-8-19-21(25-15-24-19)22(27)18-6-9-23-10-7-18/h2-7,9-10,12,14-15,22H,8,11,13H2,1H3,(H,24,25)/t22-/m0/s1. The van der Waals surface area contributed by atoms with Crippen LogP contribution < -0.4 is 0 Å². The fraction of sp³-hybridized carbons (Fsp3) is 0.227. The number of aryl methyl sites for hydroxylation is 1. The van der Waals surface area contributed by atoms with Crippen molar-refractivity contribution in [1.29, 1.82) is 0 Å². The van der Waals surface area contributed by atoms with Crippen molar-refractivity contribution in [2.24, 2.45) is 0 Å². The summed E-state index contributed by atoms with van der Waals surface area (Å²) in [7, 11) is 0. The van der Waals surface area contributed by atoms with E-state index < -0.39 is 0 Å². The van der Waals surface area contributed by atoms with Gasteiger partial charge in [-0.05, 0) is 36.2 Å². The van der Waals surface area contributed by atoms with Gasteiger partial charge >= 0.3 is 0 Å². The van der Waals surface area contributed by atoms with Gasteiger partial charge in [0.05, 0.1) is 29.9 Å². The van der Waals surface area contributed by atoms with Gasteiger partial charge in [-0.25, -0.2) is 9.67 Å². The Balaban J connectivity index is 1.45. The van der Waals surface area contributed by atoms with Crippen LogP contribution in [0.4, 0.5) is 0 Å². The third-order valence-electron chi connectivity index (χ3n) is 5.43. The van der Waals surface area contributed by atoms with Crippen molar-refractivity contribution in [2.75, 3.05) is 6.54 Å². The molecule has 3 aromatic heterocycles. The first-order valence-corrected chi connectivity index (χ1v) is 9.55. The summed E-state index contributed by atoms with van der Waals surface area (Å²) in [4.78, 5) is 14.6. The molecule has 0 unspecified atom stereocenters. The molecule has 6 nitrogen and oxygen atoms in total.